The van der Waals surface area contributed by atoms with E-state index in [-0.39, 0.29) is 23.8 Å². The van der Waals surface area contributed by atoms with Gasteiger partial charge in [0.15, 0.2) is 0 Å². The van der Waals surface area contributed by atoms with Crippen molar-refractivity contribution in [1.29, 1.82) is 0 Å². The third kappa shape index (κ3) is 7.86. The van der Waals surface area contributed by atoms with Crippen LogP contribution in [0.5, 0.6) is 0 Å². The van der Waals surface area contributed by atoms with Gasteiger partial charge in [-0.25, -0.2) is 8.42 Å². The molecule has 0 aliphatic carbocycles. The fraction of sp³-hybridized carbons (Fsp3) is 0.212. The van der Waals surface area contributed by atoms with Crippen molar-refractivity contribution in [1.82, 2.24) is 10.2 Å². The van der Waals surface area contributed by atoms with Crippen molar-refractivity contribution in [2.75, 3.05) is 17.4 Å². The van der Waals surface area contributed by atoms with E-state index in [1.165, 1.54) is 17.0 Å². The van der Waals surface area contributed by atoms with Crippen LogP contribution in [-0.4, -0.2) is 44.3 Å². The van der Waals surface area contributed by atoms with Gasteiger partial charge >= 0.3 is 0 Å². The lowest BCUT2D eigenvalue weighted by Crippen LogP contribution is -2.53. The Morgan fingerprint density at radius 2 is 1.40 bits per heavy atom. The second kappa shape index (κ2) is 14.3. The Balaban J connectivity index is 1.78. The van der Waals surface area contributed by atoms with Gasteiger partial charge in [0, 0.05) is 24.0 Å². The molecule has 0 aromatic heterocycles. The van der Waals surface area contributed by atoms with Crippen LogP contribution in [0.4, 0.5) is 5.69 Å². The Morgan fingerprint density at radius 1 is 0.810 bits per heavy atom. The fourth-order valence-corrected chi connectivity index (χ4v) is 6.29. The van der Waals surface area contributed by atoms with E-state index in [0.29, 0.717) is 12.2 Å². The summed E-state index contributed by atoms with van der Waals surface area (Å²) in [7, 11) is -4.12. The molecule has 4 aromatic rings. The molecule has 0 saturated carbocycles. The topological polar surface area (TPSA) is 86.8 Å². The van der Waals surface area contributed by atoms with Crippen molar-refractivity contribution in [3.63, 3.8) is 0 Å². The number of halogens is 1. The van der Waals surface area contributed by atoms with Gasteiger partial charge in [-0.1, -0.05) is 94.3 Å². The number of hydrogen-bond acceptors (Lipinski definition) is 4. The van der Waals surface area contributed by atoms with Crippen LogP contribution >= 0.6 is 15.9 Å². The maximum Gasteiger partial charge on any atom is 0.264 e. The highest BCUT2D eigenvalue weighted by Crippen LogP contribution is 2.26. The molecule has 7 nitrogen and oxygen atoms in total. The summed E-state index contributed by atoms with van der Waals surface area (Å²) < 4.78 is 29.7. The summed E-state index contributed by atoms with van der Waals surface area (Å²) in [4.78, 5) is 29.4. The number of amides is 2. The van der Waals surface area contributed by atoms with Crippen LogP contribution in [0.3, 0.4) is 0 Å². The van der Waals surface area contributed by atoms with Crippen LogP contribution in [-0.2, 0) is 32.6 Å². The zero-order valence-corrected chi connectivity index (χ0v) is 26.0. The molecule has 0 bridgehead atoms. The standard InChI is InChI=1S/C33H34BrN3O4S/c1-3-35-33(39)31(22-26-10-6-4-7-11-26)36(23-27-16-14-25(2)15-17-27)32(38)24-37(29-20-18-28(34)19-21-29)42(40,41)30-12-8-5-9-13-30/h4-21,31H,3,22-24H2,1-2H3,(H,35,39). The normalized spacial score (nSPS) is 11.9. The number of nitrogens with zero attached hydrogens (tertiary/aromatic N) is 2. The SMILES string of the molecule is CCNC(=O)C(Cc1ccccc1)N(Cc1ccc(C)cc1)C(=O)CN(c1ccc(Br)cc1)S(=O)(=O)c1ccccc1. The summed E-state index contributed by atoms with van der Waals surface area (Å²) in [6.45, 7) is 3.84. The molecule has 0 heterocycles. The first-order valence-corrected chi connectivity index (χ1v) is 15.9. The fourth-order valence-electron chi connectivity index (χ4n) is 4.59. The molecule has 9 heteroatoms. The van der Waals surface area contributed by atoms with Gasteiger partial charge in [-0.2, -0.15) is 0 Å². The second-order valence-corrected chi connectivity index (χ2v) is 12.7. The first-order chi connectivity index (χ1) is 20.2. The summed E-state index contributed by atoms with van der Waals surface area (Å²) in [5, 5.41) is 2.87. The molecule has 0 fully saturated rings. The zero-order chi connectivity index (χ0) is 30.1. The molecule has 0 radical (unpaired) electrons. The largest absolute Gasteiger partial charge is 0.355 e. The Hall–Kier alpha value is -3.95. The van der Waals surface area contributed by atoms with Gasteiger partial charge in [-0.3, -0.25) is 13.9 Å². The van der Waals surface area contributed by atoms with Gasteiger partial charge in [0.2, 0.25) is 11.8 Å². The maximum atomic E-state index is 14.3. The van der Waals surface area contributed by atoms with Crippen molar-refractivity contribution in [3.8, 4) is 0 Å². The Labute approximate surface area is 256 Å². The zero-order valence-electron chi connectivity index (χ0n) is 23.6. The van der Waals surface area contributed by atoms with Crippen LogP contribution in [0.25, 0.3) is 0 Å². The molecule has 0 spiro atoms. The maximum absolute atomic E-state index is 14.3. The summed E-state index contributed by atoms with van der Waals surface area (Å²) in [5.74, 6) is -0.798. The van der Waals surface area contributed by atoms with Crippen molar-refractivity contribution >= 4 is 43.5 Å². The lowest BCUT2D eigenvalue weighted by Gasteiger charge is -2.34. The Bertz CT molecular complexity index is 1580. The van der Waals surface area contributed by atoms with E-state index in [0.717, 1.165) is 25.5 Å². The van der Waals surface area contributed by atoms with E-state index in [9.17, 15) is 18.0 Å². The minimum atomic E-state index is -4.12. The van der Waals surface area contributed by atoms with Crippen molar-refractivity contribution in [2.24, 2.45) is 0 Å². The molecule has 1 N–H and O–H groups in total. The van der Waals surface area contributed by atoms with Gasteiger partial charge in [-0.15, -0.1) is 0 Å². The van der Waals surface area contributed by atoms with Crippen LogP contribution in [0, 0.1) is 6.92 Å². The number of hydrogen-bond donors (Lipinski definition) is 1. The number of sulfonamides is 1. The van der Waals surface area contributed by atoms with E-state index in [2.05, 4.69) is 21.2 Å². The van der Waals surface area contributed by atoms with Crippen LogP contribution in [0.1, 0.15) is 23.6 Å². The van der Waals surface area contributed by atoms with E-state index >= 15 is 0 Å². The van der Waals surface area contributed by atoms with E-state index in [4.69, 9.17) is 0 Å². The average molecular weight is 649 g/mol. The van der Waals surface area contributed by atoms with Gasteiger partial charge in [-0.05, 0) is 61.4 Å². The number of carbonyl (C=O) groups excluding carboxylic acids is 2. The average Bonchev–Trinajstić information content (AvgIpc) is 3.00. The third-order valence-corrected chi connectivity index (χ3v) is 9.14. The van der Waals surface area contributed by atoms with Gasteiger partial charge in [0.25, 0.3) is 10.0 Å². The molecular weight excluding hydrogens is 614 g/mol. The highest BCUT2D eigenvalue weighted by atomic mass is 79.9. The van der Waals surface area contributed by atoms with E-state index in [1.807, 2.05) is 68.4 Å². The number of rotatable bonds is 12. The highest BCUT2D eigenvalue weighted by molar-refractivity contribution is 9.10. The van der Waals surface area contributed by atoms with E-state index in [1.54, 1.807) is 42.5 Å². The minimum Gasteiger partial charge on any atom is -0.355 e. The molecule has 2 amide bonds. The number of likely N-dealkylation sites (N-methyl/N-ethyl adjacent to an activating group) is 1. The van der Waals surface area contributed by atoms with Gasteiger partial charge < -0.3 is 10.2 Å². The predicted octanol–water partition coefficient (Wildman–Crippen LogP) is 5.73. The summed E-state index contributed by atoms with van der Waals surface area (Å²) >= 11 is 3.40. The summed E-state index contributed by atoms with van der Waals surface area (Å²) in [6.07, 6.45) is 0.272. The quantitative estimate of drug-likeness (QED) is 0.213. The molecule has 0 aliphatic heterocycles. The van der Waals surface area contributed by atoms with Crippen LogP contribution < -0.4 is 9.62 Å². The first-order valence-electron chi connectivity index (χ1n) is 13.7. The molecule has 218 valence electrons. The number of aryl methyl sites for hydroxylation is 1. The van der Waals surface area contributed by atoms with Crippen LogP contribution in [0.2, 0.25) is 0 Å². The molecule has 4 rings (SSSR count). The highest BCUT2D eigenvalue weighted by Gasteiger charge is 2.34. The lowest BCUT2D eigenvalue weighted by atomic mass is 10.0. The predicted molar refractivity (Wildman–Crippen MR) is 169 cm³/mol. The monoisotopic (exact) mass is 647 g/mol. The molecule has 1 unspecified atom stereocenters. The number of benzene rings is 4. The molecule has 42 heavy (non-hydrogen) atoms. The second-order valence-electron chi connectivity index (χ2n) is 9.91. The lowest BCUT2D eigenvalue weighted by molar-refractivity contribution is -0.140. The molecule has 0 aliphatic rings. The molecule has 0 saturated heterocycles. The van der Waals surface area contributed by atoms with Gasteiger partial charge in [0.1, 0.15) is 12.6 Å². The number of anilines is 1. The van der Waals surface area contributed by atoms with Crippen LogP contribution in [0.15, 0.2) is 119 Å². The summed E-state index contributed by atoms with van der Waals surface area (Å²) in [5.41, 5.74) is 3.12. The van der Waals surface area contributed by atoms with Crippen molar-refractivity contribution < 1.29 is 18.0 Å². The molecule has 1 atom stereocenters. The number of nitrogens with one attached hydrogen (secondary N) is 1. The molecule has 4 aromatic carbocycles. The summed E-state index contributed by atoms with van der Waals surface area (Å²) in [6, 6.07) is 31.1. The third-order valence-electron chi connectivity index (χ3n) is 6.82. The molecular formula is C33H34BrN3O4S. The Morgan fingerprint density at radius 3 is 2.00 bits per heavy atom. The van der Waals surface area contributed by atoms with E-state index < -0.39 is 28.5 Å². The minimum absolute atomic E-state index is 0.0652. The van der Waals surface area contributed by atoms with Crippen molar-refractivity contribution in [2.45, 2.75) is 37.8 Å². The first kappa shape index (κ1) is 31.0. The smallest absolute Gasteiger partial charge is 0.264 e. The van der Waals surface area contributed by atoms with Crippen molar-refractivity contribution in [3.05, 3.63) is 130 Å². The number of carbonyl (C=O) groups is 2. The Kier molecular flexibility index (Phi) is 10.5. The van der Waals surface area contributed by atoms with Gasteiger partial charge in [0.05, 0.1) is 10.6 Å².